The molecule has 2 N–H and O–H groups in total. The molecule has 0 spiro atoms. The van der Waals surface area contributed by atoms with Gasteiger partial charge in [-0.3, -0.25) is 0 Å². The summed E-state index contributed by atoms with van der Waals surface area (Å²) >= 11 is 0. The highest BCUT2D eigenvalue weighted by molar-refractivity contribution is 5.91. The molecule has 1 atom stereocenters. The second-order valence-corrected chi connectivity index (χ2v) is 4.67. The Balaban J connectivity index is 2.14. The van der Waals surface area contributed by atoms with Gasteiger partial charge in [0, 0.05) is 28.9 Å². The first-order valence-corrected chi connectivity index (χ1v) is 6.22. The Labute approximate surface area is 111 Å². The maximum Gasteiger partial charge on any atom is 0.163 e. The zero-order chi connectivity index (χ0) is 13.4. The van der Waals surface area contributed by atoms with Gasteiger partial charge < -0.3 is 10.2 Å². The first-order chi connectivity index (χ1) is 9.16. The van der Waals surface area contributed by atoms with Crippen LogP contribution in [0.1, 0.15) is 24.2 Å². The SMILES string of the molecule is Cc1nc(-c2coc3ccccc23)ncc1[C@@H](C)N. The van der Waals surface area contributed by atoms with Crippen molar-refractivity contribution in [1.82, 2.24) is 9.97 Å². The van der Waals surface area contributed by atoms with Crippen molar-refractivity contribution < 1.29 is 4.42 Å². The molecule has 4 heteroatoms. The third-order valence-electron chi connectivity index (χ3n) is 3.23. The van der Waals surface area contributed by atoms with Crippen molar-refractivity contribution in [2.45, 2.75) is 19.9 Å². The molecule has 4 nitrogen and oxygen atoms in total. The van der Waals surface area contributed by atoms with Crippen LogP contribution in [0.2, 0.25) is 0 Å². The standard InChI is InChI=1S/C15H15N3O/c1-9(16)12-7-17-15(18-10(12)2)13-8-19-14-6-4-3-5-11(13)14/h3-9H,16H2,1-2H3/t9-/m1/s1. The monoisotopic (exact) mass is 253 g/mol. The van der Waals surface area contributed by atoms with Gasteiger partial charge in [-0.15, -0.1) is 0 Å². The fourth-order valence-electron chi connectivity index (χ4n) is 2.20. The molecule has 96 valence electrons. The molecule has 2 heterocycles. The highest BCUT2D eigenvalue weighted by Crippen LogP contribution is 2.28. The van der Waals surface area contributed by atoms with Gasteiger partial charge in [-0.05, 0) is 19.9 Å². The average Bonchev–Trinajstić information content (AvgIpc) is 2.82. The number of para-hydroxylation sites is 1. The van der Waals surface area contributed by atoms with E-state index in [9.17, 15) is 0 Å². The molecule has 19 heavy (non-hydrogen) atoms. The molecule has 0 aliphatic heterocycles. The highest BCUT2D eigenvalue weighted by Gasteiger charge is 2.12. The van der Waals surface area contributed by atoms with Crippen LogP contribution in [0.25, 0.3) is 22.4 Å². The third kappa shape index (κ3) is 2.00. The number of nitrogens with zero attached hydrogens (tertiary/aromatic N) is 2. The number of hydrogen-bond acceptors (Lipinski definition) is 4. The number of hydrogen-bond donors (Lipinski definition) is 1. The van der Waals surface area contributed by atoms with Crippen LogP contribution >= 0.6 is 0 Å². The summed E-state index contributed by atoms with van der Waals surface area (Å²) in [5.74, 6) is 0.673. The zero-order valence-electron chi connectivity index (χ0n) is 10.9. The van der Waals surface area contributed by atoms with Crippen molar-refractivity contribution in [2.24, 2.45) is 5.73 Å². The molecule has 0 saturated heterocycles. The van der Waals surface area contributed by atoms with Crippen LogP contribution in [-0.4, -0.2) is 9.97 Å². The third-order valence-corrected chi connectivity index (χ3v) is 3.23. The fourth-order valence-corrected chi connectivity index (χ4v) is 2.20. The van der Waals surface area contributed by atoms with E-state index in [0.717, 1.165) is 27.8 Å². The van der Waals surface area contributed by atoms with E-state index >= 15 is 0 Å². The van der Waals surface area contributed by atoms with Crippen LogP contribution in [0.15, 0.2) is 41.1 Å². The van der Waals surface area contributed by atoms with Crippen molar-refractivity contribution >= 4 is 11.0 Å². The number of rotatable bonds is 2. The van der Waals surface area contributed by atoms with Gasteiger partial charge >= 0.3 is 0 Å². The summed E-state index contributed by atoms with van der Waals surface area (Å²) in [5, 5.41) is 1.02. The summed E-state index contributed by atoms with van der Waals surface area (Å²) in [6.07, 6.45) is 3.50. The average molecular weight is 253 g/mol. The van der Waals surface area contributed by atoms with Gasteiger partial charge in [0.15, 0.2) is 5.82 Å². The minimum Gasteiger partial charge on any atom is -0.464 e. The molecule has 2 aromatic heterocycles. The number of furan rings is 1. The predicted molar refractivity (Wildman–Crippen MR) is 74.6 cm³/mol. The molecular formula is C15H15N3O. The minimum atomic E-state index is -0.0601. The summed E-state index contributed by atoms with van der Waals surface area (Å²) in [6.45, 7) is 3.88. The largest absolute Gasteiger partial charge is 0.464 e. The van der Waals surface area contributed by atoms with Crippen molar-refractivity contribution in [1.29, 1.82) is 0 Å². The second-order valence-electron chi connectivity index (χ2n) is 4.67. The van der Waals surface area contributed by atoms with E-state index in [2.05, 4.69) is 9.97 Å². The van der Waals surface area contributed by atoms with Crippen molar-refractivity contribution in [3.05, 3.63) is 48.0 Å². The molecule has 3 rings (SSSR count). The number of nitrogens with two attached hydrogens (primary N) is 1. The van der Waals surface area contributed by atoms with E-state index in [-0.39, 0.29) is 6.04 Å². The maximum absolute atomic E-state index is 5.88. The van der Waals surface area contributed by atoms with Crippen molar-refractivity contribution in [2.75, 3.05) is 0 Å². The number of aromatic nitrogens is 2. The lowest BCUT2D eigenvalue weighted by atomic mass is 10.1. The van der Waals surface area contributed by atoms with E-state index in [1.54, 1.807) is 12.5 Å². The van der Waals surface area contributed by atoms with Gasteiger partial charge in [0.1, 0.15) is 11.8 Å². The van der Waals surface area contributed by atoms with E-state index in [4.69, 9.17) is 10.2 Å². The quantitative estimate of drug-likeness (QED) is 0.761. The van der Waals surface area contributed by atoms with Crippen LogP contribution in [0, 0.1) is 6.92 Å². The Bertz CT molecular complexity index is 731. The lowest BCUT2D eigenvalue weighted by Gasteiger charge is -2.09. The zero-order valence-corrected chi connectivity index (χ0v) is 10.9. The van der Waals surface area contributed by atoms with E-state index in [1.165, 1.54) is 0 Å². The fraction of sp³-hybridized carbons (Fsp3) is 0.200. The summed E-state index contributed by atoms with van der Waals surface area (Å²) < 4.78 is 5.52. The van der Waals surface area contributed by atoms with Crippen LogP contribution < -0.4 is 5.73 Å². The van der Waals surface area contributed by atoms with E-state index in [1.807, 2.05) is 38.1 Å². The van der Waals surface area contributed by atoms with Gasteiger partial charge in [0.25, 0.3) is 0 Å². The van der Waals surface area contributed by atoms with Crippen LogP contribution in [-0.2, 0) is 0 Å². The van der Waals surface area contributed by atoms with Gasteiger partial charge in [-0.2, -0.15) is 0 Å². The molecule has 0 amide bonds. The first-order valence-electron chi connectivity index (χ1n) is 6.22. The molecule has 0 aliphatic rings. The van der Waals surface area contributed by atoms with Crippen LogP contribution in [0.3, 0.4) is 0 Å². The molecule has 3 aromatic rings. The molecule has 0 fully saturated rings. The molecular weight excluding hydrogens is 238 g/mol. The van der Waals surface area contributed by atoms with E-state index in [0.29, 0.717) is 5.82 Å². The first kappa shape index (κ1) is 11.9. The van der Waals surface area contributed by atoms with Gasteiger partial charge in [-0.25, -0.2) is 9.97 Å². The number of benzene rings is 1. The summed E-state index contributed by atoms with van der Waals surface area (Å²) in [6, 6.07) is 7.80. The van der Waals surface area contributed by atoms with Crippen LogP contribution in [0.5, 0.6) is 0 Å². The lowest BCUT2D eigenvalue weighted by molar-refractivity contribution is 0.616. The molecule has 0 saturated carbocycles. The maximum atomic E-state index is 5.88. The second kappa shape index (κ2) is 4.48. The van der Waals surface area contributed by atoms with Gasteiger partial charge in [0.05, 0.1) is 5.56 Å². The van der Waals surface area contributed by atoms with E-state index < -0.39 is 0 Å². The molecule has 0 aliphatic carbocycles. The van der Waals surface area contributed by atoms with Gasteiger partial charge in [-0.1, -0.05) is 18.2 Å². The molecule has 1 aromatic carbocycles. The Hall–Kier alpha value is -2.20. The molecule has 0 unspecified atom stereocenters. The van der Waals surface area contributed by atoms with Gasteiger partial charge in [0.2, 0.25) is 0 Å². The molecule has 0 radical (unpaired) electrons. The Morgan fingerprint density at radius 1 is 1.26 bits per heavy atom. The summed E-state index contributed by atoms with van der Waals surface area (Å²) in [5.41, 5.74) is 9.51. The molecule has 0 bridgehead atoms. The smallest absolute Gasteiger partial charge is 0.163 e. The lowest BCUT2D eigenvalue weighted by Crippen LogP contribution is -2.09. The Morgan fingerprint density at radius 2 is 2.05 bits per heavy atom. The Morgan fingerprint density at radius 3 is 2.79 bits per heavy atom. The minimum absolute atomic E-state index is 0.0601. The topological polar surface area (TPSA) is 64.9 Å². The normalized spacial score (nSPS) is 12.8. The predicted octanol–water partition coefficient (Wildman–Crippen LogP) is 3.22. The Kier molecular flexibility index (Phi) is 2.80. The van der Waals surface area contributed by atoms with Crippen LogP contribution in [0.4, 0.5) is 0 Å². The number of aryl methyl sites for hydroxylation is 1. The van der Waals surface area contributed by atoms with Crippen molar-refractivity contribution in [3.63, 3.8) is 0 Å². The van der Waals surface area contributed by atoms with Crippen molar-refractivity contribution in [3.8, 4) is 11.4 Å². The summed E-state index contributed by atoms with van der Waals surface area (Å²) in [4.78, 5) is 8.94. The summed E-state index contributed by atoms with van der Waals surface area (Å²) in [7, 11) is 0. The number of fused-ring (bicyclic) bond motifs is 1. The highest BCUT2D eigenvalue weighted by atomic mass is 16.3.